The number of morpholine rings is 1. The van der Waals surface area contributed by atoms with E-state index in [2.05, 4.69) is 15.5 Å². The van der Waals surface area contributed by atoms with Crippen molar-refractivity contribution in [2.45, 2.75) is 12.8 Å². The van der Waals surface area contributed by atoms with E-state index in [9.17, 15) is 9.59 Å². The van der Waals surface area contributed by atoms with Gasteiger partial charge in [-0.1, -0.05) is 17.7 Å². The first kappa shape index (κ1) is 22.7. The van der Waals surface area contributed by atoms with Crippen molar-refractivity contribution < 1.29 is 14.3 Å². The fourth-order valence-corrected chi connectivity index (χ4v) is 4.10. The van der Waals surface area contributed by atoms with E-state index >= 15 is 0 Å². The van der Waals surface area contributed by atoms with Crippen LogP contribution in [0.15, 0.2) is 18.2 Å². The first-order valence-electron chi connectivity index (χ1n) is 10.6. The normalized spacial score (nSPS) is 17.9. The number of nitrogens with one attached hydrogen (secondary N) is 2. The monoisotopic (exact) mass is 437 g/mol. The summed E-state index contributed by atoms with van der Waals surface area (Å²) in [5, 5.41) is 6.62. The van der Waals surface area contributed by atoms with E-state index in [1.807, 2.05) is 37.2 Å². The topological polar surface area (TPSA) is 77.2 Å². The van der Waals surface area contributed by atoms with Crippen LogP contribution in [0.5, 0.6) is 0 Å². The Hall–Kier alpha value is -2.03. The van der Waals surface area contributed by atoms with Crippen molar-refractivity contribution in [3.63, 3.8) is 0 Å². The van der Waals surface area contributed by atoms with Crippen LogP contribution in [-0.4, -0.2) is 88.3 Å². The minimum absolute atomic E-state index is 0.0358. The fourth-order valence-electron chi connectivity index (χ4n) is 3.81. The average molecular weight is 438 g/mol. The number of piperidine rings is 1. The third-order valence-corrected chi connectivity index (χ3v) is 5.87. The number of anilines is 2. The highest BCUT2D eigenvalue weighted by Crippen LogP contribution is 2.34. The number of rotatable bonds is 6. The van der Waals surface area contributed by atoms with Crippen molar-refractivity contribution >= 4 is 34.9 Å². The molecule has 0 atom stereocenters. The SMILES string of the molecule is CN(C)CCNC(=O)C1CCN(C(=O)Nc2cccc(Cl)c2N2CCOCC2)CC1. The van der Waals surface area contributed by atoms with Gasteiger partial charge in [0, 0.05) is 45.2 Å². The van der Waals surface area contributed by atoms with E-state index in [-0.39, 0.29) is 17.9 Å². The number of hydrogen-bond acceptors (Lipinski definition) is 5. The van der Waals surface area contributed by atoms with Gasteiger partial charge in [-0.15, -0.1) is 0 Å². The van der Waals surface area contributed by atoms with Crippen LogP contribution < -0.4 is 15.5 Å². The molecule has 3 amide bonds. The quantitative estimate of drug-likeness (QED) is 0.712. The molecule has 0 unspecified atom stereocenters. The molecule has 1 aromatic carbocycles. The van der Waals surface area contributed by atoms with Gasteiger partial charge in [-0.05, 0) is 39.1 Å². The minimum atomic E-state index is -0.154. The Kier molecular flexibility index (Phi) is 8.18. The van der Waals surface area contributed by atoms with Gasteiger partial charge in [0.2, 0.25) is 5.91 Å². The number of ether oxygens (including phenoxy) is 1. The minimum Gasteiger partial charge on any atom is -0.378 e. The van der Waals surface area contributed by atoms with Gasteiger partial charge < -0.3 is 30.1 Å². The lowest BCUT2D eigenvalue weighted by Crippen LogP contribution is -2.45. The summed E-state index contributed by atoms with van der Waals surface area (Å²) >= 11 is 6.45. The largest absolute Gasteiger partial charge is 0.378 e. The zero-order valence-corrected chi connectivity index (χ0v) is 18.6. The molecular weight excluding hydrogens is 406 g/mol. The number of carbonyl (C=O) groups excluding carboxylic acids is 2. The maximum absolute atomic E-state index is 12.9. The zero-order chi connectivity index (χ0) is 21.5. The van der Waals surface area contributed by atoms with Crippen molar-refractivity contribution in [3.8, 4) is 0 Å². The summed E-state index contributed by atoms with van der Waals surface area (Å²) in [4.78, 5) is 31.1. The molecule has 0 spiro atoms. The molecular formula is C21H32ClN5O3. The van der Waals surface area contributed by atoms with E-state index in [1.165, 1.54) is 0 Å². The summed E-state index contributed by atoms with van der Waals surface area (Å²) < 4.78 is 5.43. The van der Waals surface area contributed by atoms with E-state index in [1.54, 1.807) is 4.90 Å². The number of benzene rings is 1. The van der Waals surface area contributed by atoms with Gasteiger partial charge in [0.15, 0.2) is 0 Å². The molecule has 0 aliphatic carbocycles. The second-order valence-electron chi connectivity index (χ2n) is 8.02. The number of para-hydroxylation sites is 1. The Balaban J connectivity index is 1.54. The number of nitrogens with zero attached hydrogens (tertiary/aromatic N) is 3. The predicted octanol–water partition coefficient (Wildman–Crippen LogP) is 2.10. The molecule has 2 aliphatic rings. The van der Waals surface area contributed by atoms with E-state index in [0.717, 1.165) is 25.3 Å². The first-order valence-corrected chi connectivity index (χ1v) is 10.9. The van der Waals surface area contributed by atoms with E-state index in [4.69, 9.17) is 16.3 Å². The van der Waals surface area contributed by atoms with Crippen molar-refractivity contribution in [2.75, 3.05) is 76.8 Å². The summed E-state index contributed by atoms with van der Waals surface area (Å²) in [5.74, 6) is 0.0487. The molecule has 1 aromatic rings. The Morgan fingerprint density at radius 1 is 1.17 bits per heavy atom. The molecule has 9 heteroatoms. The third-order valence-electron chi connectivity index (χ3n) is 5.57. The van der Waals surface area contributed by atoms with E-state index in [0.29, 0.717) is 56.4 Å². The van der Waals surface area contributed by atoms with Crippen molar-refractivity contribution in [2.24, 2.45) is 5.92 Å². The molecule has 166 valence electrons. The number of halogens is 1. The van der Waals surface area contributed by atoms with Crippen LogP contribution in [-0.2, 0) is 9.53 Å². The first-order chi connectivity index (χ1) is 14.5. The maximum Gasteiger partial charge on any atom is 0.321 e. The Bertz CT molecular complexity index is 731. The number of amides is 3. The van der Waals surface area contributed by atoms with Crippen molar-refractivity contribution in [1.29, 1.82) is 0 Å². The number of likely N-dealkylation sites (tertiary alicyclic amines) is 1. The predicted molar refractivity (Wildman–Crippen MR) is 119 cm³/mol. The second-order valence-corrected chi connectivity index (χ2v) is 8.43. The molecule has 0 bridgehead atoms. The molecule has 2 heterocycles. The van der Waals surface area contributed by atoms with Crippen LogP contribution in [0.1, 0.15) is 12.8 Å². The summed E-state index contributed by atoms with van der Waals surface area (Å²) in [7, 11) is 3.96. The molecule has 0 radical (unpaired) electrons. The third kappa shape index (κ3) is 6.00. The lowest BCUT2D eigenvalue weighted by atomic mass is 9.96. The molecule has 2 saturated heterocycles. The number of urea groups is 1. The van der Waals surface area contributed by atoms with Crippen LogP contribution in [0.25, 0.3) is 0 Å². The van der Waals surface area contributed by atoms with E-state index < -0.39 is 0 Å². The molecule has 0 saturated carbocycles. The zero-order valence-electron chi connectivity index (χ0n) is 17.8. The van der Waals surface area contributed by atoms with Gasteiger partial charge in [0.1, 0.15) is 0 Å². The molecule has 30 heavy (non-hydrogen) atoms. The molecule has 2 N–H and O–H groups in total. The number of likely N-dealkylation sites (N-methyl/N-ethyl adjacent to an activating group) is 1. The van der Waals surface area contributed by atoms with Crippen LogP contribution >= 0.6 is 11.6 Å². The average Bonchev–Trinajstić information content (AvgIpc) is 2.74. The summed E-state index contributed by atoms with van der Waals surface area (Å²) in [6.07, 6.45) is 1.35. The molecule has 2 fully saturated rings. The van der Waals surface area contributed by atoms with Crippen molar-refractivity contribution in [3.05, 3.63) is 23.2 Å². The fraction of sp³-hybridized carbons (Fsp3) is 0.619. The van der Waals surface area contributed by atoms with Crippen LogP contribution in [0.2, 0.25) is 5.02 Å². The Morgan fingerprint density at radius 2 is 1.87 bits per heavy atom. The highest BCUT2D eigenvalue weighted by Gasteiger charge is 2.28. The number of hydrogen-bond donors (Lipinski definition) is 2. The molecule has 8 nitrogen and oxygen atoms in total. The van der Waals surface area contributed by atoms with Gasteiger partial charge in [0.05, 0.1) is 29.6 Å². The number of carbonyl (C=O) groups is 2. The van der Waals surface area contributed by atoms with Gasteiger partial charge in [-0.2, -0.15) is 0 Å². The van der Waals surface area contributed by atoms with Gasteiger partial charge in [-0.25, -0.2) is 4.79 Å². The maximum atomic E-state index is 12.9. The second kappa shape index (κ2) is 10.8. The summed E-state index contributed by atoms with van der Waals surface area (Å²) in [5.41, 5.74) is 1.55. The smallest absolute Gasteiger partial charge is 0.321 e. The summed E-state index contributed by atoms with van der Waals surface area (Å²) in [6.45, 7) is 5.34. The van der Waals surface area contributed by atoms with Crippen molar-refractivity contribution in [1.82, 2.24) is 15.1 Å². The standard InChI is InChI=1S/C21H32ClN5O3/c1-25(2)11-8-23-20(28)16-6-9-27(10-7-16)21(29)24-18-5-3-4-17(22)19(18)26-12-14-30-15-13-26/h3-5,16H,6-15H2,1-2H3,(H,23,28)(H,24,29). The lowest BCUT2D eigenvalue weighted by Gasteiger charge is -2.33. The van der Waals surface area contributed by atoms with Gasteiger partial charge >= 0.3 is 6.03 Å². The molecule has 0 aromatic heterocycles. The van der Waals surface area contributed by atoms with Crippen LogP contribution in [0, 0.1) is 5.92 Å². The highest BCUT2D eigenvalue weighted by molar-refractivity contribution is 6.34. The highest BCUT2D eigenvalue weighted by atomic mass is 35.5. The Labute approximate surface area is 183 Å². The van der Waals surface area contributed by atoms with Gasteiger partial charge in [-0.3, -0.25) is 4.79 Å². The molecule has 2 aliphatic heterocycles. The Morgan fingerprint density at radius 3 is 2.53 bits per heavy atom. The summed E-state index contributed by atoms with van der Waals surface area (Å²) in [6, 6.07) is 5.40. The van der Waals surface area contributed by atoms with Gasteiger partial charge in [0.25, 0.3) is 0 Å². The van der Waals surface area contributed by atoms with Crippen LogP contribution in [0.4, 0.5) is 16.2 Å². The molecule has 3 rings (SSSR count). The van der Waals surface area contributed by atoms with Crippen LogP contribution in [0.3, 0.4) is 0 Å². The lowest BCUT2D eigenvalue weighted by molar-refractivity contribution is -0.126.